The first-order chi connectivity index (χ1) is 11.2. The molecule has 132 valence electrons. The molecule has 0 aromatic heterocycles. The highest BCUT2D eigenvalue weighted by molar-refractivity contribution is 5.88. The third-order valence-electron chi connectivity index (χ3n) is 3.59. The van der Waals surface area contributed by atoms with Gasteiger partial charge in [0.1, 0.15) is 17.2 Å². The average molecular weight is 339 g/mol. The standard InChI is InChI=1S/C17H22FNO5/c1-17(2,3)24-16(22)19-7-6-11(9-19)10-23-12-4-5-13(15(20)21)14(18)8-12/h4-5,8,11H,6-7,9-10H2,1-3H3,(H,20,21). The van der Waals surface area contributed by atoms with Gasteiger partial charge in [-0.2, -0.15) is 0 Å². The van der Waals surface area contributed by atoms with Gasteiger partial charge in [0.25, 0.3) is 0 Å². The fraction of sp³-hybridized carbons (Fsp3) is 0.529. The number of amides is 1. The van der Waals surface area contributed by atoms with Crippen LogP contribution in [0.25, 0.3) is 0 Å². The molecule has 1 unspecified atom stereocenters. The van der Waals surface area contributed by atoms with Gasteiger partial charge in [-0.05, 0) is 39.3 Å². The number of likely N-dealkylation sites (tertiary alicyclic amines) is 1. The highest BCUT2D eigenvalue weighted by Crippen LogP contribution is 2.22. The van der Waals surface area contributed by atoms with E-state index in [1.807, 2.05) is 20.8 Å². The van der Waals surface area contributed by atoms with Crippen LogP contribution in [0.4, 0.5) is 9.18 Å². The quantitative estimate of drug-likeness (QED) is 0.912. The maximum Gasteiger partial charge on any atom is 0.410 e. The van der Waals surface area contributed by atoms with Crippen LogP contribution in [0, 0.1) is 11.7 Å². The number of hydrogen-bond acceptors (Lipinski definition) is 4. The van der Waals surface area contributed by atoms with Gasteiger partial charge in [-0.15, -0.1) is 0 Å². The topological polar surface area (TPSA) is 76.1 Å². The van der Waals surface area contributed by atoms with Gasteiger partial charge in [0.15, 0.2) is 0 Å². The van der Waals surface area contributed by atoms with Crippen LogP contribution in [0.15, 0.2) is 18.2 Å². The summed E-state index contributed by atoms with van der Waals surface area (Å²) in [7, 11) is 0. The Kier molecular flexibility index (Phi) is 5.31. The molecule has 0 aliphatic carbocycles. The molecule has 1 atom stereocenters. The van der Waals surface area contributed by atoms with Crippen LogP contribution >= 0.6 is 0 Å². The Balaban J connectivity index is 1.85. The van der Waals surface area contributed by atoms with Crippen molar-refractivity contribution in [3.8, 4) is 5.75 Å². The molecule has 6 nitrogen and oxygen atoms in total. The lowest BCUT2D eigenvalue weighted by atomic mass is 10.1. The number of nitrogens with zero attached hydrogens (tertiary/aromatic N) is 1. The lowest BCUT2D eigenvalue weighted by Gasteiger charge is -2.24. The van der Waals surface area contributed by atoms with Gasteiger partial charge in [-0.1, -0.05) is 0 Å². The number of carbonyl (C=O) groups is 2. The Morgan fingerprint density at radius 1 is 1.38 bits per heavy atom. The number of ether oxygens (including phenoxy) is 2. The highest BCUT2D eigenvalue weighted by atomic mass is 19.1. The maximum atomic E-state index is 13.6. The van der Waals surface area contributed by atoms with E-state index in [9.17, 15) is 14.0 Å². The van der Waals surface area contributed by atoms with E-state index in [0.717, 1.165) is 12.5 Å². The first-order valence-corrected chi connectivity index (χ1v) is 7.79. The summed E-state index contributed by atoms with van der Waals surface area (Å²) in [4.78, 5) is 24.4. The van der Waals surface area contributed by atoms with Crippen molar-refractivity contribution in [3.05, 3.63) is 29.6 Å². The Hall–Kier alpha value is -2.31. The van der Waals surface area contributed by atoms with Gasteiger partial charge < -0.3 is 19.5 Å². The van der Waals surface area contributed by atoms with E-state index < -0.39 is 17.4 Å². The molecule has 1 amide bonds. The molecule has 0 spiro atoms. The third kappa shape index (κ3) is 4.84. The number of carbonyl (C=O) groups excluding carboxylic acids is 1. The second-order valence-corrected chi connectivity index (χ2v) is 6.84. The third-order valence-corrected chi connectivity index (χ3v) is 3.59. The second kappa shape index (κ2) is 7.07. The fourth-order valence-corrected chi connectivity index (χ4v) is 2.43. The van der Waals surface area contributed by atoms with Gasteiger partial charge >= 0.3 is 12.1 Å². The molecule has 1 N–H and O–H groups in total. The summed E-state index contributed by atoms with van der Waals surface area (Å²) in [6.07, 6.45) is 0.427. The molecule has 2 rings (SSSR count). The van der Waals surface area contributed by atoms with Crippen molar-refractivity contribution in [2.24, 2.45) is 5.92 Å². The van der Waals surface area contributed by atoms with Crippen LogP contribution in [0.5, 0.6) is 5.75 Å². The van der Waals surface area contributed by atoms with Crippen LogP contribution in [-0.4, -0.2) is 47.4 Å². The molecule has 1 heterocycles. The molecular formula is C17H22FNO5. The maximum absolute atomic E-state index is 13.6. The normalized spacial score (nSPS) is 17.7. The zero-order valence-corrected chi connectivity index (χ0v) is 14.0. The summed E-state index contributed by atoms with van der Waals surface area (Å²) in [6, 6.07) is 3.66. The molecule has 1 aliphatic rings. The number of rotatable bonds is 4. The predicted octanol–water partition coefficient (Wildman–Crippen LogP) is 3.16. The van der Waals surface area contributed by atoms with Crippen LogP contribution in [0.3, 0.4) is 0 Å². The van der Waals surface area contributed by atoms with E-state index in [4.69, 9.17) is 14.6 Å². The monoisotopic (exact) mass is 339 g/mol. The van der Waals surface area contributed by atoms with Gasteiger partial charge in [-0.25, -0.2) is 14.0 Å². The van der Waals surface area contributed by atoms with Gasteiger partial charge in [-0.3, -0.25) is 0 Å². The van der Waals surface area contributed by atoms with E-state index in [0.29, 0.717) is 19.7 Å². The van der Waals surface area contributed by atoms with Crippen LogP contribution in [0.2, 0.25) is 0 Å². The van der Waals surface area contributed by atoms with Crippen molar-refractivity contribution in [1.82, 2.24) is 4.90 Å². The number of carboxylic acid groups (broad SMARTS) is 1. The fourth-order valence-electron chi connectivity index (χ4n) is 2.43. The minimum absolute atomic E-state index is 0.125. The first-order valence-electron chi connectivity index (χ1n) is 7.79. The highest BCUT2D eigenvalue weighted by Gasteiger charge is 2.30. The van der Waals surface area contributed by atoms with E-state index in [1.165, 1.54) is 12.1 Å². The molecule has 1 aromatic rings. The summed E-state index contributed by atoms with van der Waals surface area (Å²) < 4.78 is 24.4. The Morgan fingerprint density at radius 2 is 2.08 bits per heavy atom. The summed E-state index contributed by atoms with van der Waals surface area (Å²) in [6.45, 7) is 6.88. The van der Waals surface area contributed by atoms with Crippen LogP contribution in [0.1, 0.15) is 37.6 Å². The predicted molar refractivity (Wildman–Crippen MR) is 84.8 cm³/mol. The SMILES string of the molecule is CC(C)(C)OC(=O)N1CCC(COc2ccc(C(=O)O)c(F)c2)C1. The van der Waals surface area contributed by atoms with E-state index in [1.54, 1.807) is 4.90 Å². The molecule has 1 aliphatic heterocycles. The zero-order valence-electron chi connectivity index (χ0n) is 14.0. The van der Waals surface area contributed by atoms with Crippen LogP contribution in [-0.2, 0) is 4.74 Å². The van der Waals surface area contributed by atoms with E-state index in [-0.39, 0.29) is 23.3 Å². The van der Waals surface area contributed by atoms with Crippen molar-refractivity contribution in [3.63, 3.8) is 0 Å². The lowest BCUT2D eigenvalue weighted by Crippen LogP contribution is -2.35. The van der Waals surface area contributed by atoms with Crippen molar-refractivity contribution in [2.75, 3.05) is 19.7 Å². The second-order valence-electron chi connectivity index (χ2n) is 6.84. The van der Waals surface area contributed by atoms with Crippen molar-refractivity contribution >= 4 is 12.1 Å². The molecule has 24 heavy (non-hydrogen) atoms. The minimum Gasteiger partial charge on any atom is -0.493 e. The summed E-state index contributed by atoms with van der Waals surface area (Å²) in [5, 5.41) is 8.79. The van der Waals surface area contributed by atoms with Gasteiger partial charge in [0.05, 0.1) is 12.2 Å². The number of halogens is 1. The molecular weight excluding hydrogens is 317 g/mol. The first kappa shape index (κ1) is 18.0. The van der Waals surface area contributed by atoms with Gasteiger partial charge in [0, 0.05) is 25.1 Å². The Labute approximate surface area is 140 Å². The van der Waals surface area contributed by atoms with Crippen molar-refractivity contribution < 1.29 is 28.6 Å². The minimum atomic E-state index is -1.32. The molecule has 1 saturated heterocycles. The summed E-state index contributed by atoms with van der Waals surface area (Å²) in [5.41, 5.74) is -0.922. The number of aromatic carboxylic acids is 1. The van der Waals surface area contributed by atoms with E-state index in [2.05, 4.69) is 0 Å². The summed E-state index contributed by atoms with van der Waals surface area (Å²) in [5.74, 6) is -1.75. The average Bonchev–Trinajstić information content (AvgIpc) is 2.92. The summed E-state index contributed by atoms with van der Waals surface area (Å²) >= 11 is 0. The van der Waals surface area contributed by atoms with Crippen LogP contribution < -0.4 is 4.74 Å². The van der Waals surface area contributed by atoms with Gasteiger partial charge in [0.2, 0.25) is 0 Å². The zero-order chi connectivity index (χ0) is 17.9. The number of carboxylic acids is 1. The molecule has 7 heteroatoms. The number of hydrogen-bond donors (Lipinski definition) is 1. The number of benzene rings is 1. The molecule has 0 saturated carbocycles. The largest absolute Gasteiger partial charge is 0.493 e. The molecule has 0 radical (unpaired) electrons. The lowest BCUT2D eigenvalue weighted by molar-refractivity contribution is 0.0284. The van der Waals surface area contributed by atoms with Crippen molar-refractivity contribution in [1.29, 1.82) is 0 Å². The molecule has 1 aromatic carbocycles. The molecule has 0 bridgehead atoms. The van der Waals surface area contributed by atoms with Crippen molar-refractivity contribution in [2.45, 2.75) is 32.8 Å². The Bertz CT molecular complexity index is 626. The van der Waals surface area contributed by atoms with E-state index >= 15 is 0 Å². The smallest absolute Gasteiger partial charge is 0.410 e. The Morgan fingerprint density at radius 3 is 2.67 bits per heavy atom. The molecule has 1 fully saturated rings.